The molecule has 4 atom stereocenters. The number of alkyl halides is 4. The van der Waals surface area contributed by atoms with E-state index < -0.39 is 51.1 Å². The van der Waals surface area contributed by atoms with Crippen molar-refractivity contribution in [3.63, 3.8) is 0 Å². The van der Waals surface area contributed by atoms with Gasteiger partial charge in [-0.05, 0) is 31.9 Å². The van der Waals surface area contributed by atoms with Crippen molar-refractivity contribution in [3.8, 4) is 17.3 Å². The van der Waals surface area contributed by atoms with Gasteiger partial charge >= 0.3 is 12.2 Å². The fourth-order valence-electron chi connectivity index (χ4n) is 9.34. The van der Waals surface area contributed by atoms with E-state index in [1.807, 2.05) is 11.0 Å². The van der Waals surface area contributed by atoms with E-state index in [0.717, 1.165) is 38.1 Å². The van der Waals surface area contributed by atoms with E-state index in [4.69, 9.17) is 30.8 Å². The third-order valence-electron chi connectivity index (χ3n) is 12.0. The molecule has 2 aromatic heterocycles. The summed E-state index contributed by atoms with van der Waals surface area (Å²) in [6.45, 7) is 4.75. The third kappa shape index (κ3) is 6.17. The van der Waals surface area contributed by atoms with Crippen LogP contribution >= 0.6 is 11.6 Å². The normalized spacial score (nSPS) is 28.1. The summed E-state index contributed by atoms with van der Waals surface area (Å²) >= 11 is 5.99. The van der Waals surface area contributed by atoms with Crippen molar-refractivity contribution in [1.82, 2.24) is 29.7 Å². The second kappa shape index (κ2) is 13.5. The van der Waals surface area contributed by atoms with Gasteiger partial charge in [0.25, 0.3) is 0 Å². The fourth-order valence-corrected chi connectivity index (χ4v) is 9.62. The standard InChI is InChI=1S/C37H39ClF5N7O4/c38-27-5-1-4-25(29(27)37(41,42)43)31-30(40)32-26(14-44-31)33(46-34(45-32)54-21-35-7-3-9-49(35)15-22(39)13-35)48-10-11-50(36(18-48)19-52-20-36)28(51)6-2-8-47-16-24-12-23(47)17-53-24/h1-2,4-6,14,22-24H,3,7-13,15-21H2/b6-2+/t22-,23+,24+,35+/m1/s1. The SMILES string of the molecule is O=C(/C=C/CN1C[C@@H]2C[C@H]1CO2)N1CCN(c2nc(OC[C@@]34CCCN3C[C@H](F)C4)nc3c(F)c(-c4cccc(Cl)c4C(F)(F)F)ncc23)CC12COC2. The van der Waals surface area contributed by atoms with Gasteiger partial charge in [0.05, 0.1) is 47.4 Å². The first-order chi connectivity index (χ1) is 25.9. The number of aromatic nitrogens is 3. The topological polar surface area (TPSA) is 96.4 Å². The van der Waals surface area contributed by atoms with Crippen molar-refractivity contribution in [2.24, 2.45) is 0 Å². The number of rotatable bonds is 8. The molecule has 6 aliphatic rings. The van der Waals surface area contributed by atoms with Crippen LogP contribution in [0.3, 0.4) is 0 Å². The average molecular weight is 776 g/mol. The maximum Gasteiger partial charge on any atom is 0.418 e. The minimum atomic E-state index is -4.89. The Morgan fingerprint density at radius 3 is 2.74 bits per heavy atom. The molecule has 0 radical (unpaired) electrons. The number of amides is 1. The number of benzene rings is 1. The number of hydrogen-bond acceptors (Lipinski definition) is 10. The quantitative estimate of drug-likeness (QED) is 0.232. The van der Waals surface area contributed by atoms with Gasteiger partial charge in [-0.15, -0.1) is 0 Å². The van der Waals surface area contributed by atoms with Crippen LogP contribution in [0.2, 0.25) is 5.02 Å². The summed E-state index contributed by atoms with van der Waals surface area (Å²) in [5.74, 6) is -0.985. The van der Waals surface area contributed by atoms with Crippen LogP contribution in [-0.2, 0) is 20.4 Å². The Balaban J connectivity index is 1.04. The van der Waals surface area contributed by atoms with E-state index in [1.54, 1.807) is 11.0 Å². The number of fused-ring (bicyclic) bond motifs is 4. The molecule has 17 heteroatoms. The highest BCUT2D eigenvalue weighted by atomic mass is 35.5. The molecular formula is C37H39ClF5N7O4. The van der Waals surface area contributed by atoms with Gasteiger partial charge in [0, 0.05) is 69.6 Å². The van der Waals surface area contributed by atoms with Gasteiger partial charge in [0.2, 0.25) is 5.91 Å². The van der Waals surface area contributed by atoms with Gasteiger partial charge in [0.15, 0.2) is 5.82 Å². The van der Waals surface area contributed by atoms with Crippen LogP contribution in [-0.4, -0.2) is 137 Å². The first-order valence-electron chi connectivity index (χ1n) is 18.3. The number of anilines is 1. The minimum Gasteiger partial charge on any atom is -0.461 e. The maximum atomic E-state index is 16.7. The molecule has 54 heavy (non-hydrogen) atoms. The summed E-state index contributed by atoms with van der Waals surface area (Å²) in [7, 11) is 0. The first-order valence-corrected chi connectivity index (χ1v) is 18.7. The lowest BCUT2D eigenvalue weighted by molar-refractivity contribution is -0.164. The molecule has 1 spiro atoms. The molecule has 1 amide bonds. The maximum absolute atomic E-state index is 16.7. The molecule has 6 fully saturated rings. The van der Waals surface area contributed by atoms with E-state index in [9.17, 15) is 22.4 Å². The third-order valence-corrected chi connectivity index (χ3v) is 12.3. The van der Waals surface area contributed by atoms with Gasteiger partial charge in [-0.25, -0.2) is 8.78 Å². The molecule has 11 nitrogen and oxygen atoms in total. The van der Waals surface area contributed by atoms with Crippen molar-refractivity contribution in [2.45, 2.75) is 61.3 Å². The molecule has 0 aliphatic carbocycles. The molecule has 1 aromatic carbocycles. The number of halogens is 6. The largest absolute Gasteiger partial charge is 0.461 e. The average Bonchev–Trinajstić information content (AvgIpc) is 3.91. The second-order valence-electron chi connectivity index (χ2n) is 15.4. The van der Waals surface area contributed by atoms with Crippen LogP contribution in [0.1, 0.15) is 31.2 Å². The number of piperazine rings is 1. The minimum absolute atomic E-state index is 0.0582. The van der Waals surface area contributed by atoms with Crippen LogP contribution in [0.15, 0.2) is 36.5 Å². The molecule has 0 unspecified atom stereocenters. The molecule has 9 rings (SSSR count). The summed E-state index contributed by atoms with van der Waals surface area (Å²) in [5.41, 5.74) is -3.87. The summed E-state index contributed by atoms with van der Waals surface area (Å²) in [5, 5.41) is -0.437. The van der Waals surface area contributed by atoms with Gasteiger partial charge in [-0.1, -0.05) is 29.8 Å². The Kier molecular flexibility index (Phi) is 8.99. The Morgan fingerprint density at radius 2 is 2.00 bits per heavy atom. The Morgan fingerprint density at radius 1 is 1.15 bits per heavy atom. The number of ether oxygens (including phenoxy) is 3. The number of carbonyl (C=O) groups is 1. The Hall–Kier alpha value is -3.70. The number of morpholine rings is 1. The van der Waals surface area contributed by atoms with E-state index in [1.165, 1.54) is 12.3 Å². The number of carbonyl (C=O) groups excluding carboxylic acids is 1. The van der Waals surface area contributed by atoms with Crippen LogP contribution in [0.5, 0.6) is 6.01 Å². The summed E-state index contributed by atoms with van der Waals surface area (Å²) < 4.78 is 91.4. The van der Waals surface area contributed by atoms with Crippen LogP contribution < -0.4 is 9.64 Å². The van der Waals surface area contributed by atoms with Crippen molar-refractivity contribution < 1.29 is 41.0 Å². The highest BCUT2D eigenvalue weighted by Gasteiger charge is 2.51. The molecule has 6 aliphatic heterocycles. The fraction of sp³-hybridized carbons (Fsp3) is 0.568. The highest BCUT2D eigenvalue weighted by molar-refractivity contribution is 6.31. The number of likely N-dealkylation sites (tertiary alicyclic amines) is 1. The molecular weight excluding hydrogens is 737 g/mol. The number of nitrogens with zero attached hydrogens (tertiary/aromatic N) is 7. The molecule has 288 valence electrons. The lowest BCUT2D eigenvalue weighted by atomic mass is 9.91. The zero-order valence-corrected chi connectivity index (χ0v) is 30.1. The second-order valence-corrected chi connectivity index (χ2v) is 15.8. The zero-order valence-electron chi connectivity index (χ0n) is 29.3. The smallest absolute Gasteiger partial charge is 0.418 e. The predicted octanol–water partition coefficient (Wildman–Crippen LogP) is 4.91. The van der Waals surface area contributed by atoms with Crippen LogP contribution in [0, 0.1) is 5.82 Å². The van der Waals surface area contributed by atoms with Gasteiger partial charge in [-0.2, -0.15) is 23.1 Å². The lowest BCUT2D eigenvalue weighted by Crippen LogP contribution is -2.72. The van der Waals surface area contributed by atoms with Gasteiger partial charge in [0.1, 0.15) is 35.3 Å². The molecule has 2 bridgehead atoms. The van der Waals surface area contributed by atoms with E-state index in [0.29, 0.717) is 45.2 Å². The predicted molar refractivity (Wildman–Crippen MR) is 188 cm³/mol. The molecule has 6 saturated heterocycles. The van der Waals surface area contributed by atoms with E-state index in [-0.39, 0.29) is 67.5 Å². The summed E-state index contributed by atoms with van der Waals surface area (Å²) in [6.07, 6.45) is 2.01. The Labute approximate surface area is 313 Å². The monoisotopic (exact) mass is 775 g/mol. The van der Waals surface area contributed by atoms with Crippen LogP contribution in [0.25, 0.3) is 22.2 Å². The molecule has 3 aromatic rings. The van der Waals surface area contributed by atoms with Gasteiger partial charge in [-0.3, -0.25) is 19.6 Å². The van der Waals surface area contributed by atoms with Gasteiger partial charge < -0.3 is 24.0 Å². The lowest BCUT2D eigenvalue weighted by Gasteiger charge is -2.55. The summed E-state index contributed by atoms with van der Waals surface area (Å²) in [4.78, 5) is 35.0. The molecule has 8 heterocycles. The molecule has 0 N–H and O–H groups in total. The summed E-state index contributed by atoms with van der Waals surface area (Å²) in [6, 6.07) is 3.68. The van der Waals surface area contributed by atoms with Crippen molar-refractivity contribution in [3.05, 3.63) is 53.0 Å². The molecule has 0 saturated carbocycles. The van der Waals surface area contributed by atoms with Crippen molar-refractivity contribution >= 4 is 34.2 Å². The number of hydrogen-bond donors (Lipinski definition) is 0. The van der Waals surface area contributed by atoms with Crippen molar-refractivity contribution in [1.29, 1.82) is 0 Å². The highest BCUT2D eigenvalue weighted by Crippen LogP contribution is 2.44. The number of pyridine rings is 1. The van der Waals surface area contributed by atoms with Crippen LogP contribution in [0.4, 0.5) is 27.8 Å². The first kappa shape index (κ1) is 36.0. The Bertz CT molecular complexity index is 2000. The van der Waals surface area contributed by atoms with E-state index in [2.05, 4.69) is 19.8 Å². The van der Waals surface area contributed by atoms with E-state index >= 15 is 4.39 Å². The zero-order chi connectivity index (χ0) is 37.4. The van der Waals surface area contributed by atoms with Crippen molar-refractivity contribution in [2.75, 3.05) is 77.1 Å².